The highest BCUT2D eigenvalue weighted by atomic mass is 35.5. The topological polar surface area (TPSA) is 32.3 Å². The molecular weight excluding hydrogens is 248 g/mol. The van der Waals surface area contributed by atoms with Crippen molar-refractivity contribution >= 4 is 17.5 Å². The van der Waals surface area contributed by atoms with Crippen LogP contribution in [-0.4, -0.2) is 30.4 Å². The molecule has 1 aliphatic heterocycles. The molecule has 1 aromatic carbocycles. The molecule has 0 saturated carbocycles. The second kappa shape index (κ2) is 5.72. The Labute approximate surface area is 113 Å². The lowest BCUT2D eigenvalue weighted by Gasteiger charge is -2.23. The van der Waals surface area contributed by atoms with E-state index in [9.17, 15) is 4.79 Å². The first-order valence-corrected chi connectivity index (χ1v) is 6.68. The van der Waals surface area contributed by atoms with Crippen molar-refractivity contribution in [3.63, 3.8) is 0 Å². The third-order valence-electron chi connectivity index (χ3n) is 3.53. The number of nitrogens with zero attached hydrogens (tertiary/aromatic N) is 1. The van der Waals surface area contributed by atoms with Crippen molar-refractivity contribution in [3.05, 3.63) is 34.9 Å². The van der Waals surface area contributed by atoms with Gasteiger partial charge in [0.2, 0.25) is 5.91 Å². The van der Waals surface area contributed by atoms with Crippen LogP contribution in [0, 0.1) is 5.92 Å². The van der Waals surface area contributed by atoms with Crippen molar-refractivity contribution < 1.29 is 4.79 Å². The smallest absolute Gasteiger partial charge is 0.227 e. The van der Waals surface area contributed by atoms with Gasteiger partial charge < -0.3 is 10.2 Å². The zero-order valence-electron chi connectivity index (χ0n) is 10.8. The number of nitrogens with one attached hydrogen (secondary N) is 1. The minimum Gasteiger partial charge on any atom is -0.341 e. The van der Waals surface area contributed by atoms with E-state index < -0.39 is 0 Å². The Hall–Kier alpha value is -1.06. The summed E-state index contributed by atoms with van der Waals surface area (Å²) in [6, 6.07) is 7.93. The second-order valence-electron chi connectivity index (χ2n) is 4.96. The zero-order valence-corrected chi connectivity index (χ0v) is 11.6. The van der Waals surface area contributed by atoms with Crippen LogP contribution in [0.1, 0.15) is 18.9 Å². The van der Waals surface area contributed by atoms with E-state index in [1.54, 1.807) is 4.90 Å². The molecule has 1 aliphatic rings. The molecule has 1 amide bonds. The summed E-state index contributed by atoms with van der Waals surface area (Å²) in [6.45, 7) is 3.62. The molecule has 1 saturated heterocycles. The van der Waals surface area contributed by atoms with Crippen molar-refractivity contribution in [1.82, 2.24) is 10.2 Å². The summed E-state index contributed by atoms with van der Waals surface area (Å²) < 4.78 is 0. The van der Waals surface area contributed by atoms with E-state index in [2.05, 4.69) is 12.2 Å². The van der Waals surface area contributed by atoms with Gasteiger partial charge in [0.25, 0.3) is 0 Å². The summed E-state index contributed by atoms with van der Waals surface area (Å²) in [5.41, 5.74) is 1.07. The van der Waals surface area contributed by atoms with Gasteiger partial charge in [-0.3, -0.25) is 4.79 Å². The summed E-state index contributed by atoms with van der Waals surface area (Å²) in [5.74, 6) is 0.321. The van der Waals surface area contributed by atoms with Gasteiger partial charge in [-0.15, -0.1) is 0 Å². The summed E-state index contributed by atoms with van der Waals surface area (Å²) in [4.78, 5) is 14.1. The van der Waals surface area contributed by atoms with Gasteiger partial charge in [-0.05, 0) is 37.6 Å². The third kappa shape index (κ3) is 3.03. The van der Waals surface area contributed by atoms with Gasteiger partial charge in [-0.1, -0.05) is 23.7 Å². The molecule has 0 bridgehead atoms. The van der Waals surface area contributed by atoms with E-state index >= 15 is 0 Å². The Bertz CT molecular complexity index is 436. The van der Waals surface area contributed by atoms with Gasteiger partial charge in [0.15, 0.2) is 0 Å². The molecule has 1 N–H and O–H groups in total. The van der Waals surface area contributed by atoms with Crippen LogP contribution in [0.3, 0.4) is 0 Å². The first-order chi connectivity index (χ1) is 8.58. The van der Waals surface area contributed by atoms with E-state index in [0.29, 0.717) is 11.6 Å². The minimum atomic E-state index is 0.106. The number of amides is 1. The maximum atomic E-state index is 12.3. The van der Waals surface area contributed by atoms with E-state index in [1.807, 2.05) is 31.3 Å². The number of hydrogen-bond donors (Lipinski definition) is 1. The van der Waals surface area contributed by atoms with Crippen LogP contribution >= 0.6 is 11.6 Å². The van der Waals surface area contributed by atoms with Gasteiger partial charge in [0.05, 0.1) is 5.92 Å². The van der Waals surface area contributed by atoms with Crippen molar-refractivity contribution in [3.8, 4) is 0 Å². The largest absolute Gasteiger partial charge is 0.341 e. The molecule has 0 aliphatic carbocycles. The Morgan fingerprint density at radius 2 is 2.33 bits per heavy atom. The minimum absolute atomic E-state index is 0.106. The molecule has 2 atom stereocenters. The number of carbonyl (C=O) groups is 1. The standard InChI is InChI=1S/C14H19ClN2O/c1-10-13(6-7-16-10)14(18)17(2)9-11-4-3-5-12(15)8-11/h3-5,8,10,13,16H,6-7,9H2,1-2H3. The third-order valence-corrected chi connectivity index (χ3v) is 3.76. The highest BCUT2D eigenvalue weighted by Crippen LogP contribution is 2.19. The van der Waals surface area contributed by atoms with Crippen LogP contribution in [0.25, 0.3) is 0 Å². The first kappa shape index (κ1) is 13.4. The predicted molar refractivity (Wildman–Crippen MR) is 73.5 cm³/mol. The van der Waals surface area contributed by atoms with Crippen LogP contribution in [0.4, 0.5) is 0 Å². The highest BCUT2D eigenvalue weighted by Gasteiger charge is 2.31. The normalized spacial score (nSPS) is 23.1. The lowest BCUT2D eigenvalue weighted by atomic mass is 10.0. The van der Waals surface area contributed by atoms with E-state index in [4.69, 9.17) is 11.6 Å². The lowest BCUT2D eigenvalue weighted by molar-refractivity contribution is -0.134. The Morgan fingerprint density at radius 1 is 1.56 bits per heavy atom. The molecule has 3 nitrogen and oxygen atoms in total. The Morgan fingerprint density at radius 3 is 2.94 bits per heavy atom. The van der Waals surface area contributed by atoms with Gasteiger partial charge in [0.1, 0.15) is 0 Å². The Kier molecular flexibility index (Phi) is 4.25. The number of benzene rings is 1. The molecule has 0 aromatic heterocycles. The molecule has 4 heteroatoms. The molecule has 1 aromatic rings. The van der Waals surface area contributed by atoms with E-state index in [1.165, 1.54) is 0 Å². The number of halogens is 1. The Balaban J connectivity index is 1.99. The summed E-state index contributed by atoms with van der Waals surface area (Å²) >= 11 is 5.94. The van der Waals surface area contributed by atoms with Crippen LogP contribution in [0.2, 0.25) is 5.02 Å². The van der Waals surface area contributed by atoms with Crippen LogP contribution in [0.15, 0.2) is 24.3 Å². The fourth-order valence-corrected chi connectivity index (χ4v) is 2.68. The van der Waals surface area contributed by atoms with Gasteiger partial charge >= 0.3 is 0 Å². The maximum absolute atomic E-state index is 12.3. The number of carbonyl (C=O) groups excluding carboxylic acids is 1. The average molecular weight is 267 g/mol. The average Bonchev–Trinajstić information content (AvgIpc) is 2.74. The van der Waals surface area contributed by atoms with E-state index in [0.717, 1.165) is 18.5 Å². The van der Waals surface area contributed by atoms with Crippen molar-refractivity contribution in [2.24, 2.45) is 5.92 Å². The quantitative estimate of drug-likeness (QED) is 0.911. The maximum Gasteiger partial charge on any atom is 0.227 e. The molecule has 98 valence electrons. The second-order valence-corrected chi connectivity index (χ2v) is 5.40. The molecule has 1 heterocycles. The summed E-state index contributed by atoms with van der Waals surface area (Å²) in [6.07, 6.45) is 0.930. The first-order valence-electron chi connectivity index (χ1n) is 6.30. The monoisotopic (exact) mass is 266 g/mol. The van der Waals surface area contributed by atoms with Crippen molar-refractivity contribution in [2.75, 3.05) is 13.6 Å². The van der Waals surface area contributed by atoms with Gasteiger partial charge in [-0.2, -0.15) is 0 Å². The molecule has 2 unspecified atom stereocenters. The molecule has 2 rings (SSSR count). The van der Waals surface area contributed by atoms with Gasteiger partial charge in [0, 0.05) is 24.7 Å². The van der Waals surface area contributed by atoms with Crippen molar-refractivity contribution in [2.45, 2.75) is 25.9 Å². The fourth-order valence-electron chi connectivity index (χ4n) is 2.47. The molecular formula is C14H19ClN2O. The zero-order chi connectivity index (χ0) is 13.1. The van der Waals surface area contributed by atoms with Crippen LogP contribution < -0.4 is 5.32 Å². The summed E-state index contributed by atoms with van der Waals surface area (Å²) in [7, 11) is 1.86. The van der Waals surface area contributed by atoms with Crippen LogP contribution in [-0.2, 0) is 11.3 Å². The molecule has 18 heavy (non-hydrogen) atoms. The predicted octanol–water partition coefficient (Wildman–Crippen LogP) is 2.30. The molecule has 0 spiro atoms. The van der Waals surface area contributed by atoms with E-state index in [-0.39, 0.29) is 17.9 Å². The number of hydrogen-bond acceptors (Lipinski definition) is 2. The highest BCUT2D eigenvalue weighted by molar-refractivity contribution is 6.30. The van der Waals surface area contributed by atoms with Gasteiger partial charge in [-0.25, -0.2) is 0 Å². The molecule has 1 fully saturated rings. The fraction of sp³-hybridized carbons (Fsp3) is 0.500. The van der Waals surface area contributed by atoms with Crippen LogP contribution in [0.5, 0.6) is 0 Å². The summed E-state index contributed by atoms with van der Waals surface area (Å²) in [5, 5.41) is 4.02. The SMILES string of the molecule is CC1NCCC1C(=O)N(C)Cc1cccc(Cl)c1. The lowest BCUT2D eigenvalue weighted by Crippen LogP contribution is -2.37. The number of rotatable bonds is 3. The van der Waals surface area contributed by atoms with Crippen molar-refractivity contribution in [1.29, 1.82) is 0 Å². The molecule has 0 radical (unpaired) electrons.